The average Bonchev–Trinajstić information content (AvgIpc) is 3.16. The van der Waals surface area contributed by atoms with Crippen LogP contribution < -0.4 is 4.72 Å². The van der Waals surface area contributed by atoms with Crippen molar-refractivity contribution in [1.82, 2.24) is 10.1 Å². The van der Waals surface area contributed by atoms with Gasteiger partial charge in [-0.05, 0) is 50.5 Å². The highest BCUT2D eigenvalue weighted by atomic mass is 32.2. The van der Waals surface area contributed by atoms with E-state index in [9.17, 15) is 12.8 Å². The minimum absolute atomic E-state index is 0.122. The van der Waals surface area contributed by atoms with E-state index in [2.05, 4.69) is 14.9 Å². The minimum atomic E-state index is -3.85. The van der Waals surface area contributed by atoms with Crippen LogP contribution >= 0.6 is 11.3 Å². The number of halogens is 1. The molecular weight excluding hydrogens is 377 g/mol. The molecule has 9 heteroatoms. The third-order valence-electron chi connectivity index (χ3n) is 4.17. The number of hydrogen-bond donors (Lipinski definition) is 1. The van der Waals surface area contributed by atoms with Gasteiger partial charge in [-0.3, -0.25) is 4.72 Å². The molecule has 2 heterocycles. The van der Waals surface area contributed by atoms with Crippen molar-refractivity contribution in [3.8, 4) is 10.7 Å². The molecule has 26 heavy (non-hydrogen) atoms. The molecule has 4 rings (SSSR count). The number of aromatic nitrogens is 2. The molecule has 3 aromatic rings. The van der Waals surface area contributed by atoms with Gasteiger partial charge in [0.15, 0.2) is 0 Å². The largest absolute Gasteiger partial charge is 0.339 e. The van der Waals surface area contributed by atoms with Crippen LogP contribution in [0.25, 0.3) is 10.7 Å². The van der Waals surface area contributed by atoms with Gasteiger partial charge in [0.25, 0.3) is 10.0 Å². The number of hydrogen-bond acceptors (Lipinski definition) is 6. The molecule has 0 amide bonds. The van der Waals surface area contributed by atoms with Crippen LogP contribution in [0, 0.1) is 19.7 Å². The number of thiophene rings is 1. The van der Waals surface area contributed by atoms with Gasteiger partial charge in [0.2, 0.25) is 11.7 Å². The van der Waals surface area contributed by atoms with Crippen LogP contribution in [0.1, 0.15) is 35.1 Å². The summed E-state index contributed by atoms with van der Waals surface area (Å²) in [5.74, 6) is 0.859. The first-order valence-corrected chi connectivity index (χ1v) is 10.4. The average molecular weight is 393 g/mol. The first-order valence-electron chi connectivity index (χ1n) is 8.07. The van der Waals surface area contributed by atoms with E-state index in [0.29, 0.717) is 33.0 Å². The zero-order valence-electron chi connectivity index (χ0n) is 14.1. The molecule has 136 valence electrons. The predicted molar refractivity (Wildman–Crippen MR) is 96.3 cm³/mol. The Morgan fingerprint density at radius 1 is 1.27 bits per heavy atom. The highest BCUT2D eigenvalue weighted by Gasteiger charge is 2.30. The maximum Gasteiger partial charge on any atom is 0.263 e. The fourth-order valence-electron chi connectivity index (χ4n) is 2.54. The predicted octanol–water partition coefficient (Wildman–Crippen LogP) is 4.23. The van der Waals surface area contributed by atoms with Gasteiger partial charge in [0, 0.05) is 10.8 Å². The number of anilines is 1. The molecule has 1 aliphatic carbocycles. The lowest BCUT2D eigenvalue weighted by molar-refractivity contribution is 0.380. The summed E-state index contributed by atoms with van der Waals surface area (Å²) in [6.45, 7) is 3.32. The number of nitrogens with zero attached hydrogens (tertiary/aromatic N) is 2. The lowest BCUT2D eigenvalue weighted by Crippen LogP contribution is -2.13. The van der Waals surface area contributed by atoms with Crippen LogP contribution in [0.2, 0.25) is 0 Å². The molecule has 0 aliphatic heterocycles. The summed E-state index contributed by atoms with van der Waals surface area (Å²) in [6, 6.07) is 5.74. The monoisotopic (exact) mass is 393 g/mol. The van der Waals surface area contributed by atoms with Crippen LogP contribution in [0.15, 0.2) is 33.7 Å². The smallest absolute Gasteiger partial charge is 0.263 e. The summed E-state index contributed by atoms with van der Waals surface area (Å²) in [5, 5.41) is 3.95. The van der Waals surface area contributed by atoms with E-state index in [1.165, 1.54) is 29.5 Å². The Balaban J connectivity index is 1.63. The van der Waals surface area contributed by atoms with Crippen molar-refractivity contribution >= 4 is 27.0 Å². The van der Waals surface area contributed by atoms with Gasteiger partial charge in [0.1, 0.15) is 10.7 Å². The summed E-state index contributed by atoms with van der Waals surface area (Å²) in [5.41, 5.74) is 0.626. The SMILES string of the molecule is Cc1ccc(NS(=O)(=O)c2cc(-c3noc(C4CC4)n3)sc2C)cc1F. The molecule has 1 saturated carbocycles. The van der Waals surface area contributed by atoms with Crippen LogP contribution in [0.5, 0.6) is 0 Å². The molecule has 1 aromatic carbocycles. The second-order valence-corrected chi connectivity index (χ2v) is 9.24. The standard InChI is InChI=1S/C17H16FN3O3S2/c1-9-3-6-12(7-13(9)18)21-26(22,23)15-8-14(25-10(15)2)16-19-17(24-20-16)11-4-5-11/h3,6-8,11,21H,4-5H2,1-2H3. The molecule has 1 N–H and O–H groups in total. The van der Waals surface area contributed by atoms with E-state index < -0.39 is 15.8 Å². The van der Waals surface area contributed by atoms with Gasteiger partial charge >= 0.3 is 0 Å². The number of nitrogens with one attached hydrogen (secondary N) is 1. The number of rotatable bonds is 5. The van der Waals surface area contributed by atoms with E-state index in [1.807, 2.05) is 0 Å². The molecule has 1 aliphatic rings. The fraction of sp³-hybridized carbons (Fsp3) is 0.294. The second-order valence-electron chi connectivity index (χ2n) is 6.33. The Kier molecular flexibility index (Phi) is 4.07. The topological polar surface area (TPSA) is 85.1 Å². The Morgan fingerprint density at radius 2 is 2.04 bits per heavy atom. The van der Waals surface area contributed by atoms with Crippen LogP contribution in [0.3, 0.4) is 0 Å². The van der Waals surface area contributed by atoms with E-state index >= 15 is 0 Å². The molecular formula is C17H16FN3O3S2. The maximum atomic E-state index is 13.7. The Labute approximate surface area is 154 Å². The quantitative estimate of drug-likeness (QED) is 0.701. The normalized spacial score (nSPS) is 14.6. The summed E-state index contributed by atoms with van der Waals surface area (Å²) >= 11 is 1.28. The first-order chi connectivity index (χ1) is 12.3. The lowest BCUT2D eigenvalue weighted by atomic mass is 10.2. The van der Waals surface area contributed by atoms with Gasteiger partial charge in [-0.15, -0.1) is 11.3 Å². The van der Waals surface area contributed by atoms with Crippen molar-refractivity contribution in [2.75, 3.05) is 4.72 Å². The van der Waals surface area contributed by atoms with Crippen molar-refractivity contribution < 1.29 is 17.3 Å². The molecule has 0 radical (unpaired) electrons. The van der Waals surface area contributed by atoms with Crippen molar-refractivity contribution in [1.29, 1.82) is 0 Å². The molecule has 0 spiro atoms. The van der Waals surface area contributed by atoms with E-state index in [0.717, 1.165) is 18.9 Å². The van der Waals surface area contributed by atoms with E-state index in [-0.39, 0.29) is 10.6 Å². The summed E-state index contributed by atoms with van der Waals surface area (Å²) in [4.78, 5) is 5.69. The van der Waals surface area contributed by atoms with Crippen molar-refractivity contribution in [3.05, 3.63) is 46.4 Å². The molecule has 2 aromatic heterocycles. The first kappa shape index (κ1) is 17.2. The Morgan fingerprint density at radius 3 is 2.73 bits per heavy atom. The molecule has 1 fully saturated rings. The highest BCUT2D eigenvalue weighted by molar-refractivity contribution is 7.93. The maximum absolute atomic E-state index is 13.7. The Bertz CT molecular complexity index is 1080. The summed E-state index contributed by atoms with van der Waals surface area (Å²) in [6.07, 6.45) is 2.09. The van der Waals surface area contributed by atoms with Gasteiger partial charge in [0.05, 0.1) is 10.6 Å². The van der Waals surface area contributed by atoms with Crippen LogP contribution in [0.4, 0.5) is 10.1 Å². The van der Waals surface area contributed by atoms with Gasteiger partial charge in [-0.25, -0.2) is 12.8 Å². The van der Waals surface area contributed by atoms with Gasteiger partial charge < -0.3 is 4.52 Å². The van der Waals surface area contributed by atoms with E-state index in [4.69, 9.17) is 4.52 Å². The lowest BCUT2D eigenvalue weighted by Gasteiger charge is -2.08. The second kappa shape index (κ2) is 6.17. The van der Waals surface area contributed by atoms with Crippen LogP contribution in [-0.2, 0) is 10.0 Å². The zero-order chi connectivity index (χ0) is 18.5. The summed E-state index contributed by atoms with van der Waals surface area (Å²) < 4.78 is 46.7. The number of sulfonamides is 1. The third-order valence-corrected chi connectivity index (χ3v) is 6.86. The van der Waals surface area contributed by atoms with Crippen molar-refractivity contribution in [2.24, 2.45) is 0 Å². The molecule has 6 nitrogen and oxygen atoms in total. The zero-order valence-corrected chi connectivity index (χ0v) is 15.7. The molecule has 0 unspecified atom stereocenters. The Hall–Kier alpha value is -2.26. The number of benzene rings is 1. The van der Waals surface area contributed by atoms with Crippen LogP contribution in [-0.4, -0.2) is 18.6 Å². The fourth-order valence-corrected chi connectivity index (χ4v) is 5.11. The van der Waals surface area contributed by atoms with Gasteiger partial charge in [-0.2, -0.15) is 4.98 Å². The van der Waals surface area contributed by atoms with E-state index in [1.54, 1.807) is 13.8 Å². The van der Waals surface area contributed by atoms with Gasteiger partial charge in [-0.1, -0.05) is 11.2 Å². The molecule has 0 atom stereocenters. The third kappa shape index (κ3) is 3.24. The summed E-state index contributed by atoms with van der Waals surface area (Å²) in [7, 11) is -3.85. The van der Waals surface area contributed by atoms with Crippen molar-refractivity contribution in [3.63, 3.8) is 0 Å². The molecule has 0 saturated heterocycles. The van der Waals surface area contributed by atoms with Crippen molar-refractivity contribution in [2.45, 2.75) is 37.5 Å². The minimum Gasteiger partial charge on any atom is -0.339 e. The molecule has 0 bridgehead atoms. The highest BCUT2D eigenvalue weighted by Crippen LogP contribution is 2.40. The number of aryl methyl sites for hydroxylation is 2.